The summed E-state index contributed by atoms with van der Waals surface area (Å²) >= 11 is 5.89. The largest absolute Gasteiger partial charge is 0.338 e. The number of benzene rings is 1. The highest BCUT2D eigenvalue weighted by Crippen LogP contribution is 2.23. The fourth-order valence-electron chi connectivity index (χ4n) is 1.86. The molecule has 18 heavy (non-hydrogen) atoms. The number of halogens is 1. The quantitative estimate of drug-likeness (QED) is 0.894. The number of anilines is 1. The smallest absolute Gasteiger partial charge is 0.332 e. The van der Waals surface area contributed by atoms with E-state index in [1.807, 2.05) is 6.92 Å². The lowest BCUT2D eigenvalue weighted by Crippen LogP contribution is -2.42. The van der Waals surface area contributed by atoms with E-state index in [1.54, 1.807) is 29.2 Å². The predicted octanol–water partition coefficient (Wildman–Crippen LogP) is 2.31. The van der Waals surface area contributed by atoms with Gasteiger partial charge in [-0.1, -0.05) is 17.7 Å². The average molecular weight is 268 g/mol. The van der Waals surface area contributed by atoms with Crippen molar-refractivity contribution in [2.75, 3.05) is 24.5 Å². The Morgan fingerprint density at radius 3 is 2.89 bits per heavy atom. The van der Waals surface area contributed by atoms with Crippen LogP contribution in [-0.4, -0.2) is 36.6 Å². The topological polar surface area (TPSA) is 52.7 Å². The molecule has 1 aromatic carbocycles. The second-order valence-electron chi connectivity index (χ2n) is 3.90. The van der Waals surface area contributed by atoms with Gasteiger partial charge in [-0.05, 0) is 25.1 Å². The first-order chi connectivity index (χ1) is 8.63. The van der Waals surface area contributed by atoms with Crippen molar-refractivity contribution in [2.45, 2.75) is 6.92 Å². The van der Waals surface area contributed by atoms with Crippen LogP contribution in [0.4, 0.5) is 15.3 Å². The summed E-state index contributed by atoms with van der Waals surface area (Å²) in [6.45, 7) is 3.18. The molecule has 1 N–H and O–H groups in total. The zero-order chi connectivity index (χ0) is 13.1. The molecule has 1 aliphatic heterocycles. The maximum Gasteiger partial charge on any atom is 0.332 e. The third kappa shape index (κ3) is 2.41. The van der Waals surface area contributed by atoms with E-state index in [-0.39, 0.29) is 12.1 Å². The van der Waals surface area contributed by atoms with Gasteiger partial charge in [0, 0.05) is 23.8 Å². The second-order valence-corrected chi connectivity index (χ2v) is 4.34. The third-order valence-corrected chi connectivity index (χ3v) is 2.94. The average Bonchev–Trinajstić information content (AvgIpc) is 2.71. The van der Waals surface area contributed by atoms with Crippen molar-refractivity contribution in [2.24, 2.45) is 0 Å². The lowest BCUT2D eigenvalue weighted by Gasteiger charge is -2.17. The number of nitrogens with zero attached hydrogens (tertiary/aromatic N) is 2. The van der Waals surface area contributed by atoms with Gasteiger partial charge < -0.3 is 5.32 Å². The van der Waals surface area contributed by atoms with Gasteiger partial charge in [-0.25, -0.2) is 14.5 Å². The van der Waals surface area contributed by atoms with E-state index in [2.05, 4.69) is 5.32 Å². The molecule has 0 unspecified atom stereocenters. The minimum Gasteiger partial charge on any atom is -0.338 e. The van der Waals surface area contributed by atoms with E-state index in [0.29, 0.717) is 30.3 Å². The molecule has 5 nitrogen and oxygen atoms in total. The molecular formula is C12H14ClN3O2. The van der Waals surface area contributed by atoms with Gasteiger partial charge in [-0.15, -0.1) is 0 Å². The van der Waals surface area contributed by atoms with Gasteiger partial charge in [0.25, 0.3) is 0 Å². The SMILES string of the molecule is CCNC(=O)N1CCN(c2cccc(Cl)c2)C1=O. The van der Waals surface area contributed by atoms with E-state index >= 15 is 0 Å². The van der Waals surface area contributed by atoms with Crippen LogP contribution in [0.1, 0.15) is 6.92 Å². The van der Waals surface area contributed by atoms with Crippen LogP contribution in [0.5, 0.6) is 0 Å². The Kier molecular flexibility index (Phi) is 3.72. The van der Waals surface area contributed by atoms with Crippen LogP contribution in [0.15, 0.2) is 24.3 Å². The number of carbonyl (C=O) groups excluding carboxylic acids is 2. The number of nitrogens with one attached hydrogen (secondary N) is 1. The number of hydrogen-bond acceptors (Lipinski definition) is 2. The molecule has 1 aromatic rings. The Morgan fingerprint density at radius 1 is 1.44 bits per heavy atom. The van der Waals surface area contributed by atoms with Crippen molar-refractivity contribution >= 4 is 29.4 Å². The van der Waals surface area contributed by atoms with E-state index in [1.165, 1.54) is 4.90 Å². The van der Waals surface area contributed by atoms with E-state index < -0.39 is 0 Å². The predicted molar refractivity (Wildman–Crippen MR) is 70.0 cm³/mol. The Morgan fingerprint density at radius 2 is 2.22 bits per heavy atom. The monoisotopic (exact) mass is 267 g/mol. The van der Waals surface area contributed by atoms with Gasteiger partial charge in [-0.3, -0.25) is 4.90 Å². The highest BCUT2D eigenvalue weighted by atomic mass is 35.5. The number of amides is 4. The van der Waals surface area contributed by atoms with Crippen LogP contribution in [0.3, 0.4) is 0 Å². The van der Waals surface area contributed by atoms with Crippen molar-refractivity contribution in [3.05, 3.63) is 29.3 Å². The second kappa shape index (κ2) is 5.27. The molecule has 0 atom stereocenters. The zero-order valence-corrected chi connectivity index (χ0v) is 10.8. The number of imide groups is 1. The van der Waals surface area contributed by atoms with Crippen LogP contribution in [0.2, 0.25) is 5.02 Å². The normalized spacial score (nSPS) is 15.1. The molecule has 0 radical (unpaired) electrons. The first-order valence-electron chi connectivity index (χ1n) is 5.76. The fraction of sp³-hybridized carbons (Fsp3) is 0.333. The molecule has 1 aliphatic rings. The summed E-state index contributed by atoms with van der Waals surface area (Å²) in [6, 6.07) is 6.36. The van der Waals surface area contributed by atoms with Gasteiger partial charge in [-0.2, -0.15) is 0 Å². The highest BCUT2D eigenvalue weighted by Gasteiger charge is 2.33. The van der Waals surface area contributed by atoms with E-state index in [4.69, 9.17) is 11.6 Å². The van der Waals surface area contributed by atoms with Crippen molar-refractivity contribution in [3.63, 3.8) is 0 Å². The van der Waals surface area contributed by atoms with Crippen LogP contribution in [0, 0.1) is 0 Å². The van der Waals surface area contributed by atoms with Crippen LogP contribution < -0.4 is 10.2 Å². The molecule has 0 bridgehead atoms. The molecule has 1 heterocycles. The third-order valence-electron chi connectivity index (χ3n) is 2.70. The maximum absolute atomic E-state index is 12.1. The highest BCUT2D eigenvalue weighted by molar-refractivity contribution is 6.31. The molecule has 0 aliphatic carbocycles. The molecular weight excluding hydrogens is 254 g/mol. The molecule has 1 fully saturated rings. The molecule has 96 valence electrons. The minimum atomic E-state index is -0.355. The summed E-state index contributed by atoms with van der Waals surface area (Å²) < 4.78 is 0. The molecule has 0 aromatic heterocycles. The molecule has 0 saturated carbocycles. The number of rotatable bonds is 2. The summed E-state index contributed by atoms with van der Waals surface area (Å²) in [7, 11) is 0. The standard InChI is InChI=1S/C12H14ClN3O2/c1-2-14-11(17)16-7-6-15(12(16)18)10-5-3-4-9(13)8-10/h3-5,8H,2,6-7H2,1H3,(H,14,17). The minimum absolute atomic E-state index is 0.316. The summed E-state index contributed by atoms with van der Waals surface area (Å²) in [5, 5.41) is 3.18. The number of carbonyl (C=O) groups is 2. The molecule has 4 amide bonds. The summed E-state index contributed by atoms with van der Waals surface area (Å²) in [6.07, 6.45) is 0. The summed E-state index contributed by atoms with van der Waals surface area (Å²) in [4.78, 5) is 26.5. The Bertz CT molecular complexity index is 478. The first kappa shape index (κ1) is 12.7. The van der Waals surface area contributed by atoms with Crippen molar-refractivity contribution in [1.82, 2.24) is 10.2 Å². The van der Waals surface area contributed by atoms with E-state index in [0.717, 1.165) is 0 Å². The lowest BCUT2D eigenvalue weighted by atomic mass is 10.3. The van der Waals surface area contributed by atoms with Crippen molar-refractivity contribution < 1.29 is 9.59 Å². The Balaban J connectivity index is 2.14. The Hall–Kier alpha value is -1.75. The van der Waals surface area contributed by atoms with Crippen LogP contribution >= 0.6 is 11.6 Å². The number of urea groups is 2. The van der Waals surface area contributed by atoms with Crippen LogP contribution in [-0.2, 0) is 0 Å². The molecule has 0 spiro atoms. The van der Waals surface area contributed by atoms with E-state index in [9.17, 15) is 9.59 Å². The van der Waals surface area contributed by atoms with Gasteiger partial charge in [0.15, 0.2) is 0 Å². The first-order valence-corrected chi connectivity index (χ1v) is 6.13. The van der Waals surface area contributed by atoms with Crippen molar-refractivity contribution in [3.8, 4) is 0 Å². The molecule has 1 saturated heterocycles. The Labute approximate surface area is 110 Å². The van der Waals surface area contributed by atoms with Crippen molar-refractivity contribution in [1.29, 1.82) is 0 Å². The van der Waals surface area contributed by atoms with Gasteiger partial charge in [0.1, 0.15) is 0 Å². The summed E-state index contributed by atoms with van der Waals surface area (Å²) in [5.74, 6) is 0. The maximum atomic E-state index is 12.1. The fourth-order valence-corrected chi connectivity index (χ4v) is 2.04. The van der Waals surface area contributed by atoms with Crippen LogP contribution in [0.25, 0.3) is 0 Å². The van der Waals surface area contributed by atoms with Gasteiger partial charge in [0.05, 0.1) is 6.54 Å². The summed E-state index contributed by atoms with van der Waals surface area (Å²) in [5.41, 5.74) is 0.708. The molecule has 2 rings (SSSR count). The molecule has 6 heteroatoms. The lowest BCUT2D eigenvalue weighted by molar-refractivity contribution is 0.200. The number of hydrogen-bond donors (Lipinski definition) is 1. The van der Waals surface area contributed by atoms with Gasteiger partial charge in [0.2, 0.25) is 0 Å². The van der Waals surface area contributed by atoms with Gasteiger partial charge >= 0.3 is 12.1 Å². The zero-order valence-electron chi connectivity index (χ0n) is 10.0.